The van der Waals surface area contributed by atoms with Gasteiger partial charge < -0.3 is 14.3 Å². The van der Waals surface area contributed by atoms with Gasteiger partial charge in [-0.05, 0) is 54.9 Å². The van der Waals surface area contributed by atoms with Gasteiger partial charge in [-0.15, -0.1) is 0 Å². The van der Waals surface area contributed by atoms with E-state index in [4.69, 9.17) is 17.0 Å². The lowest BCUT2D eigenvalue weighted by atomic mass is 10.1. The number of imidazole rings is 1. The molecule has 2 aromatic carbocycles. The fourth-order valence-electron chi connectivity index (χ4n) is 2.61. The highest BCUT2D eigenvalue weighted by molar-refractivity contribution is 7.71. The number of rotatable bonds is 4. The topological polar surface area (TPSA) is 29.9 Å². The second kappa shape index (κ2) is 5.74. The van der Waals surface area contributed by atoms with Crippen LogP contribution in [0.3, 0.4) is 0 Å². The first-order chi connectivity index (χ1) is 10.2. The number of methoxy groups -OCH3 is 1. The van der Waals surface area contributed by atoms with Crippen molar-refractivity contribution >= 4 is 23.3 Å². The first-order valence-corrected chi connectivity index (χ1v) is 7.41. The zero-order valence-corrected chi connectivity index (χ0v) is 13.0. The Morgan fingerprint density at radius 1 is 1.19 bits per heavy atom. The Morgan fingerprint density at radius 2 is 2.00 bits per heavy atom. The van der Waals surface area contributed by atoms with Crippen LogP contribution in [-0.2, 0) is 13.0 Å². The van der Waals surface area contributed by atoms with Crippen LogP contribution in [0.25, 0.3) is 11.0 Å². The number of nitrogens with one attached hydrogen (secondary N) is 1. The van der Waals surface area contributed by atoms with Crippen molar-refractivity contribution in [2.45, 2.75) is 19.9 Å². The van der Waals surface area contributed by atoms with E-state index in [9.17, 15) is 0 Å². The largest absolute Gasteiger partial charge is 0.497 e. The molecule has 0 saturated heterocycles. The summed E-state index contributed by atoms with van der Waals surface area (Å²) in [4.78, 5) is 3.31. The van der Waals surface area contributed by atoms with Crippen LogP contribution in [0.4, 0.5) is 0 Å². The molecule has 0 aliphatic carbocycles. The molecule has 0 unspecified atom stereocenters. The lowest BCUT2D eigenvalue weighted by Crippen LogP contribution is -2.01. The fourth-order valence-corrected chi connectivity index (χ4v) is 2.91. The van der Waals surface area contributed by atoms with Gasteiger partial charge in [0.2, 0.25) is 0 Å². The molecule has 3 rings (SSSR count). The minimum atomic E-state index is 0.780. The second-order valence-electron chi connectivity index (χ2n) is 5.15. The number of nitrogens with zero attached hydrogens (tertiary/aromatic N) is 1. The van der Waals surface area contributed by atoms with Gasteiger partial charge in [-0.25, -0.2) is 0 Å². The summed E-state index contributed by atoms with van der Waals surface area (Å²) < 4.78 is 8.21. The summed E-state index contributed by atoms with van der Waals surface area (Å²) in [5.74, 6) is 0.894. The molecule has 0 fully saturated rings. The Labute approximate surface area is 129 Å². The van der Waals surface area contributed by atoms with Crippen LogP contribution in [0, 0.1) is 11.7 Å². The predicted molar refractivity (Wildman–Crippen MR) is 88.6 cm³/mol. The first-order valence-electron chi connectivity index (χ1n) is 7.00. The van der Waals surface area contributed by atoms with Crippen molar-refractivity contribution in [3.05, 3.63) is 58.4 Å². The smallest absolute Gasteiger partial charge is 0.178 e. The predicted octanol–water partition coefficient (Wildman–Crippen LogP) is 4.26. The minimum absolute atomic E-state index is 0.780. The molecule has 0 atom stereocenters. The maximum atomic E-state index is 5.46. The van der Waals surface area contributed by atoms with Crippen molar-refractivity contribution in [3.8, 4) is 5.75 Å². The molecule has 0 aliphatic rings. The molecule has 0 spiro atoms. The van der Waals surface area contributed by atoms with Crippen molar-refractivity contribution in [1.29, 1.82) is 0 Å². The number of para-hydroxylation sites is 1. The molecule has 0 bridgehead atoms. The Kier molecular flexibility index (Phi) is 3.80. The normalized spacial score (nSPS) is 11.0. The van der Waals surface area contributed by atoms with Gasteiger partial charge in [0.05, 0.1) is 18.1 Å². The van der Waals surface area contributed by atoms with E-state index in [0.717, 1.165) is 29.0 Å². The highest BCUT2D eigenvalue weighted by Crippen LogP contribution is 2.19. The quantitative estimate of drug-likeness (QED) is 0.729. The highest BCUT2D eigenvalue weighted by Gasteiger charge is 2.06. The monoisotopic (exact) mass is 298 g/mol. The molecule has 1 aromatic heterocycles. The fraction of sp³-hybridized carbons (Fsp3) is 0.235. The number of fused-ring (bicyclic) bond motifs is 1. The Morgan fingerprint density at radius 3 is 2.81 bits per heavy atom. The summed E-state index contributed by atoms with van der Waals surface area (Å²) in [6.45, 7) is 2.95. The van der Waals surface area contributed by atoms with Crippen LogP contribution in [0.15, 0.2) is 42.5 Å². The summed E-state index contributed by atoms with van der Waals surface area (Å²) in [6.07, 6.45) is 0.923. The average molecular weight is 298 g/mol. The van der Waals surface area contributed by atoms with Crippen LogP contribution in [0.2, 0.25) is 0 Å². The summed E-state index contributed by atoms with van der Waals surface area (Å²) in [5.41, 5.74) is 4.77. The number of aromatic amines is 1. The maximum absolute atomic E-state index is 5.46. The molecule has 0 aliphatic heterocycles. The van der Waals surface area contributed by atoms with E-state index in [1.54, 1.807) is 7.11 Å². The molecule has 1 N–H and O–H groups in total. The third kappa shape index (κ3) is 2.72. The zero-order valence-electron chi connectivity index (χ0n) is 12.2. The summed E-state index contributed by atoms with van der Waals surface area (Å²) in [5, 5.41) is 0. The van der Waals surface area contributed by atoms with Crippen LogP contribution in [0.5, 0.6) is 5.75 Å². The van der Waals surface area contributed by atoms with Gasteiger partial charge in [-0.3, -0.25) is 0 Å². The maximum Gasteiger partial charge on any atom is 0.178 e. The molecule has 3 aromatic rings. The Balaban J connectivity index is 1.90. The first kappa shape index (κ1) is 13.9. The van der Waals surface area contributed by atoms with Crippen molar-refractivity contribution in [1.82, 2.24) is 9.55 Å². The van der Waals surface area contributed by atoms with Crippen LogP contribution in [-0.4, -0.2) is 16.7 Å². The van der Waals surface area contributed by atoms with E-state index < -0.39 is 0 Å². The number of aromatic nitrogens is 2. The van der Waals surface area contributed by atoms with Gasteiger partial charge in [-0.1, -0.05) is 24.3 Å². The lowest BCUT2D eigenvalue weighted by Gasteiger charge is -2.07. The number of hydrogen-bond donors (Lipinski definition) is 1. The van der Waals surface area contributed by atoms with Crippen molar-refractivity contribution in [2.75, 3.05) is 7.11 Å². The molecule has 0 saturated carbocycles. The van der Waals surface area contributed by atoms with Crippen molar-refractivity contribution < 1.29 is 4.74 Å². The molecule has 1 heterocycles. The number of ether oxygens (including phenoxy) is 1. The van der Waals surface area contributed by atoms with E-state index in [1.165, 1.54) is 16.6 Å². The van der Waals surface area contributed by atoms with Gasteiger partial charge in [0, 0.05) is 6.54 Å². The molecule has 108 valence electrons. The summed E-state index contributed by atoms with van der Waals surface area (Å²) in [7, 11) is 1.69. The number of aryl methyl sites for hydroxylation is 3. The molecule has 4 heteroatoms. The summed E-state index contributed by atoms with van der Waals surface area (Å²) in [6, 6.07) is 14.5. The van der Waals surface area contributed by atoms with E-state index in [0.29, 0.717) is 0 Å². The Hall–Kier alpha value is -2.07. The number of benzene rings is 2. The number of H-pyrrole nitrogens is 1. The van der Waals surface area contributed by atoms with Crippen LogP contribution < -0.4 is 4.74 Å². The second-order valence-corrected chi connectivity index (χ2v) is 5.54. The van der Waals surface area contributed by atoms with E-state index >= 15 is 0 Å². The van der Waals surface area contributed by atoms with Crippen LogP contribution >= 0.6 is 12.2 Å². The van der Waals surface area contributed by atoms with E-state index in [2.05, 4.69) is 46.8 Å². The van der Waals surface area contributed by atoms with E-state index in [1.807, 2.05) is 12.1 Å². The zero-order chi connectivity index (χ0) is 14.8. The molecule has 0 radical (unpaired) electrons. The average Bonchev–Trinajstić information content (AvgIpc) is 2.83. The van der Waals surface area contributed by atoms with Gasteiger partial charge in [0.15, 0.2) is 4.77 Å². The lowest BCUT2D eigenvalue weighted by molar-refractivity contribution is 0.414. The molecule has 21 heavy (non-hydrogen) atoms. The van der Waals surface area contributed by atoms with Crippen molar-refractivity contribution in [2.24, 2.45) is 0 Å². The standard InChI is InChI=1S/C17H18N2OS/c1-12-5-3-8-15-16(12)18-17(21)19(15)10-9-13-6-4-7-14(11-13)20-2/h3-8,11H,9-10H2,1-2H3,(H,18,21). The minimum Gasteiger partial charge on any atom is -0.497 e. The molecular weight excluding hydrogens is 280 g/mol. The van der Waals surface area contributed by atoms with E-state index in [-0.39, 0.29) is 0 Å². The molecule has 3 nitrogen and oxygen atoms in total. The van der Waals surface area contributed by atoms with Crippen molar-refractivity contribution in [3.63, 3.8) is 0 Å². The molecule has 0 amide bonds. The van der Waals surface area contributed by atoms with Gasteiger partial charge >= 0.3 is 0 Å². The van der Waals surface area contributed by atoms with Crippen LogP contribution in [0.1, 0.15) is 11.1 Å². The third-order valence-electron chi connectivity index (χ3n) is 3.78. The third-order valence-corrected chi connectivity index (χ3v) is 4.10. The van der Waals surface area contributed by atoms with Gasteiger partial charge in [0.1, 0.15) is 5.75 Å². The Bertz CT molecular complexity index is 832. The SMILES string of the molecule is COc1cccc(CCn2c(=S)[nH]c3c(C)cccc32)c1. The highest BCUT2D eigenvalue weighted by atomic mass is 32.1. The summed E-state index contributed by atoms with van der Waals surface area (Å²) >= 11 is 5.46. The molecular formula is C17H18N2OS. The van der Waals surface area contributed by atoms with Gasteiger partial charge in [-0.2, -0.15) is 0 Å². The van der Waals surface area contributed by atoms with Gasteiger partial charge in [0.25, 0.3) is 0 Å². The number of hydrogen-bond acceptors (Lipinski definition) is 2.